The Labute approximate surface area is 123 Å². The third-order valence-electron chi connectivity index (χ3n) is 2.68. The summed E-state index contributed by atoms with van der Waals surface area (Å²) in [5.41, 5.74) is 2.06. The average Bonchev–Trinajstić information content (AvgIpc) is 2.88. The van der Waals surface area contributed by atoms with Gasteiger partial charge < -0.3 is 10.1 Å². The largest absolute Gasteiger partial charge is 0.493 e. The summed E-state index contributed by atoms with van der Waals surface area (Å²) in [5.74, 6) is 0.822. The predicted molar refractivity (Wildman–Crippen MR) is 81.0 cm³/mol. The van der Waals surface area contributed by atoms with Gasteiger partial charge in [-0.3, -0.25) is 0 Å². The van der Waals surface area contributed by atoms with Gasteiger partial charge in [0.25, 0.3) is 0 Å². The van der Waals surface area contributed by atoms with Gasteiger partial charge in [-0.15, -0.1) is 11.3 Å². The number of benzene rings is 1. The second kappa shape index (κ2) is 7.51. The smallest absolute Gasteiger partial charge is 0.121 e. The minimum Gasteiger partial charge on any atom is -0.493 e. The highest BCUT2D eigenvalue weighted by Crippen LogP contribution is 2.18. The van der Waals surface area contributed by atoms with Crippen LogP contribution in [0.25, 0.3) is 0 Å². The van der Waals surface area contributed by atoms with Crippen LogP contribution < -0.4 is 10.1 Å². The highest BCUT2D eigenvalue weighted by molar-refractivity contribution is 7.09. The van der Waals surface area contributed by atoms with Crippen molar-refractivity contribution in [1.82, 2.24) is 4.98 Å². The first-order valence-electron chi connectivity index (χ1n) is 6.52. The summed E-state index contributed by atoms with van der Waals surface area (Å²) in [6, 6.07) is 9.95. The molecule has 1 heterocycles. The van der Waals surface area contributed by atoms with Gasteiger partial charge in [0, 0.05) is 23.6 Å². The Morgan fingerprint density at radius 3 is 3.10 bits per heavy atom. The van der Waals surface area contributed by atoms with E-state index in [0.29, 0.717) is 19.6 Å². The summed E-state index contributed by atoms with van der Waals surface area (Å²) < 4.78 is 5.60. The first-order chi connectivity index (χ1) is 9.78. The molecule has 4 nitrogen and oxygen atoms in total. The summed E-state index contributed by atoms with van der Waals surface area (Å²) in [5, 5.41) is 14.9. The molecule has 0 saturated carbocycles. The first-order valence-corrected chi connectivity index (χ1v) is 7.40. The van der Waals surface area contributed by atoms with Crippen molar-refractivity contribution in [1.29, 1.82) is 5.26 Å². The van der Waals surface area contributed by atoms with E-state index in [2.05, 4.69) is 21.8 Å². The van der Waals surface area contributed by atoms with Crippen molar-refractivity contribution in [2.24, 2.45) is 0 Å². The van der Waals surface area contributed by atoms with Crippen LogP contribution in [-0.2, 0) is 6.54 Å². The minimum absolute atomic E-state index is 0.529. The van der Waals surface area contributed by atoms with Crippen LogP contribution in [0.5, 0.6) is 5.75 Å². The van der Waals surface area contributed by atoms with Crippen LogP contribution in [0.15, 0.2) is 29.6 Å². The summed E-state index contributed by atoms with van der Waals surface area (Å²) >= 11 is 1.66. The van der Waals surface area contributed by atoms with Gasteiger partial charge in [-0.25, -0.2) is 4.98 Å². The Morgan fingerprint density at radius 2 is 2.35 bits per heavy atom. The number of unbranched alkanes of at least 4 members (excludes halogenated alkanes) is 1. The van der Waals surface area contributed by atoms with Crippen LogP contribution in [0.4, 0.5) is 5.69 Å². The molecule has 0 atom stereocenters. The number of rotatable bonds is 7. The van der Waals surface area contributed by atoms with Gasteiger partial charge in [0.1, 0.15) is 5.75 Å². The van der Waals surface area contributed by atoms with E-state index in [9.17, 15) is 0 Å². The summed E-state index contributed by atoms with van der Waals surface area (Å²) in [6.45, 7) is 3.29. The molecule has 0 amide bonds. The van der Waals surface area contributed by atoms with Crippen LogP contribution in [0.2, 0.25) is 0 Å². The molecular formula is C15H17N3OS. The molecule has 0 spiro atoms. The summed E-state index contributed by atoms with van der Waals surface area (Å²) in [7, 11) is 0. The predicted octanol–water partition coefficient (Wildman–Crippen LogP) is 3.75. The number of hydrogen-bond donors (Lipinski definition) is 1. The maximum Gasteiger partial charge on any atom is 0.121 e. The van der Waals surface area contributed by atoms with Crippen LogP contribution in [0, 0.1) is 18.3 Å². The van der Waals surface area contributed by atoms with Crippen LogP contribution in [0.1, 0.15) is 23.5 Å². The van der Waals surface area contributed by atoms with Crippen molar-refractivity contribution in [3.8, 4) is 11.8 Å². The third kappa shape index (κ3) is 4.56. The van der Waals surface area contributed by atoms with Gasteiger partial charge in [-0.2, -0.15) is 5.26 Å². The number of hydrogen-bond acceptors (Lipinski definition) is 5. The fourth-order valence-electron chi connectivity index (χ4n) is 1.72. The minimum atomic E-state index is 0.529. The van der Waals surface area contributed by atoms with Crippen molar-refractivity contribution in [3.63, 3.8) is 0 Å². The lowest BCUT2D eigenvalue weighted by molar-refractivity contribution is 0.313. The Morgan fingerprint density at radius 1 is 1.45 bits per heavy atom. The molecule has 104 valence electrons. The van der Waals surface area contributed by atoms with E-state index in [1.165, 1.54) is 0 Å². The number of anilines is 1. The average molecular weight is 287 g/mol. The maximum absolute atomic E-state index is 8.47. The molecule has 5 heteroatoms. The SMILES string of the molecule is Cc1nc(CNc2cccc(OCCCC#N)c2)cs1. The molecule has 0 saturated heterocycles. The monoisotopic (exact) mass is 287 g/mol. The molecule has 20 heavy (non-hydrogen) atoms. The van der Waals surface area contributed by atoms with E-state index in [4.69, 9.17) is 10.00 Å². The van der Waals surface area contributed by atoms with Crippen molar-refractivity contribution in [3.05, 3.63) is 40.3 Å². The Kier molecular flexibility index (Phi) is 5.39. The number of ether oxygens (including phenoxy) is 1. The van der Waals surface area contributed by atoms with Gasteiger partial charge >= 0.3 is 0 Å². The third-order valence-corrected chi connectivity index (χ3v) is 3.50. The molecule has 0 aliphatic carbocycles. The van der Waals surface area contributed by atoms with Crippen LogP contribution in [0.3, 0.4) is 0 Å². The quantitative estimate of drug-likeness (QED) is 0.788. The lowest BCUT2D eigenvalue weighted by atomic mass is 10.3. The molecule has 0 aliphatic heterocycles. The summed E-state index contributed by atoms with van der Waals surface area (Å²) in [6.07, 6.45) is 1.29. The fraction of sp³-hybridized carbons (Fsp3) is 0.333. The second-order valence-electron chi connectivity index (χ2n) is 4.35. The second-order valence-corrected chi connectivity index (χ2v) is 5.41. The Balaban J connectivity index is 1.84. The van der Waals surface area contributed by atoms with E-state index in [0.717, 1.165) is 28.6 Å². The molecule has 0 bridgehead atoms. The van der Waals surface area contributed by atoms with Gasteiger partial charge in [-0.05, 0) is 25.5 Å². The van der Waals surface area contributed by atoms with Crippen LogP contribution in [-0.4, -0.2) is 11.6 Å². The molecular weight excluding hydrogens is 270 g/mol. The van der Waals surface area contributed by atoms with E-state index >= 15 is 0 Å². The number of nitrogens with one attached hydrogen (secondary N) is 1. The molecule has 0 unspecified atom stereocenters. The van der Waals surface area contributed by atoms with Gasteiger partial charge in [0.05, 0.1) is 29.9 Å². The zero-order chi connectivity index (χ0) is 14.2. The molecule has 2 rings (SSSR count). The van der Waals surface area contributed by atoms with Crippen molar-refractivity contribution in [2.75, 3.05) is 11.9 Å². The fourth-order valence-corrected chi connectivity index (χ4v) is 2.33. The van der Waals surface area contributed by atoms with E-state index < -0.39 is 0 Å². The van der Waals surface area contributed by atoms with E-state index in [-0.39, 0.29) is 0 Å². The molecule has 2 aromatic rings. The first kappa shape index (κ1) is 14.4. The standard InChI is InChI=1S/C15H17N3OS/c1-12-18-14(11-20-12)10-17-13-5-4-6-15(9-13)19-8-3-2-7-16/h4-6,9,11,17H,2-3,8,10H2,1H3. The van der Waals surface area contributed by atoms with E-state index in [1.54, 1.807) is 11.3 Å². The maximum atomic E-state index is 8.47. The lowest BCUT2D eigenvalue weighted by Crippen LogP contribution is -2.01. The Bertz CT molecular complexity index is 589. The van der Waals surface area contributed by atoms with E-state index in [1.807, 2.05) is 31.2 Å². The zero-order valence-corrected chi connectivity index (χ0v) is 12.2. The number of aryl methyl sites for hydroxylation is 1. The van der Waals surface area contributed by atoms with Gasteiger partial charge in [0.2, 0.25) is 0 Å². The van der Waals surface area contributed by atoms with Gasteiger partial charge in [0.15, 0.2) is 0 Å². The summed E-state index contributed by atoms with van der Waals surface area (Å²) in [4.78, 5) is 4.41. The van der Waals surface area contributed by atoms with Crippen molar-refractivity contribution < 1.29 is 4.74 Å². The number of nitrogens with zero attached hydrogens (tertiary/aromatic N) is 2. The van der Waals surface area contributed by atoms with Crippen molar-refractivity contribution in [2.45, 2.75) is 26.3 Å². The van der Waals surface area contributed by atoms with Crippen molar-refractivity contribution >= 4 is 17.0 Å². The normalized spacial score (nSPS) is 10.0. The highest BCUT2D eigenvalue weighted by atomic mass is 32.1. The Hall–Kier alpha value is -2.06. The van der Waals surface area contributed by atoms with Crippen LogP contribution >= 0.6 is 11.3 Å². The van der Waals surface area contributed by atoms with Gasteiger partial charge in [-0.1, -0.05) is 6.07 Å². The number of thiazole rings is 1. The lowest BCUT2D eigenvalue weighted by Gasteiger charge is -2.08. The topological polar surface area (TPSA) is 57.9 Å². The molecule has 1 aromatic heterocycles. The molecule has 0 aliphatic rings. The number of nitriles is 1. The highest BCUT2D eigenvalue weighted by Gasteiger charge is 2.00. The molecule has 1 aromatic carbocycles. The number of aromatic nitrogens is 1. The molecule has 1 N–H and O–H groups in total. The molecule has 0 radical (unpaired) electrons. The molecule has 0 fully saturated rings. The zero-order valence-electron chi connectivity index (χ0n) is 11.4.